The average Bonchev–Trinajstić information content (AvgIpc) is 2.86. The summed E-state index contributed by atoms with van der Waals surface area (Å²) >= 11 is 0. The molecule has 0 atom stereocenters. The summed E-state index contributed by atoms with van der Waals surface area (Å²) in [5.74, 6) is 0. The molecule has 0 amide bonds. The lowest BCUT2D eigenvalue weighted by Crippen LogP contribution is -2.31. The van der Waals surface area contributed by atoms with Gasteiger partial charge in [-0.1, -0.05) is 24.3 Å². The van der Waals surface area contributed by atoms with Crippen molar-refractivity contribution in [3.05, 3.63) is 79.9 Å². The van der Waals surface area contributed by atoms with E-state index in [-0.39, 0.29) is 11.4 Å². The molecule has 35 heavy (non-hydrogen) atoms. The molecule has 0 N–H and O–H groups in total. The maximum atomic E-state index is 10.9. The van der Waals surface area contributed by atoms with E-state index >= 15 is 0 Å². The molecular formula is C24H32N4O7. The molecule has 1 fully saturated rings. The quantitative estimate of drug-likeness (QED) is 0.446. The highest BCUT2D eigenvalue weighted by molar-refractivity contribution is 5.33. The molecule has 1 saturated heterocycles. The molecule has 0 radical (unpaired) electrons. The summed E-state index contributed by atoms with van der Waals surface area (Å²) in [5, 5.41) is 21.8. The van der Waals surface area contributed by atoms with Crippen molar-refractivity contribution >= 4 is 11.4 Å². The molecule has 0 aliphatic carbocycles. The molecule has 1 heterocycles. The van der Waals surface area contributed by atoms with Crippen LogP contribution in [0.5, 0.6) is 0 Å². The van der Waals surface area contributed by atoms with Crippen LogP contribution < -0.4 is 0 Å². The number of nitrogens with zero attached hydrogens (tertiary/aromatic N) is 4. The molecule has 1 aliphatic heterocycles. The van der Waals surface area contributed by atoms with E-state index in [0.29, 0.717) is 59.4 Å². The Kier molecular flexibility index (Phi) is 11.0. The van der Waals surface area contributed by atoms with Gasteiger partial charge in [0.2, 0.25) is 0 Å². The highest BCUT2D eigenvalue weighted by Gasteiger charge is 2.12. The SMILES string of the molecule is O=[N+]([O-])c1ccc(CN2CCCOCN(Cc3ccc([N+](=O)[O-])cc3)CCOCCOCC2)cc1. The van der Waals surface area contributed by atoms with Gasteiger partial charge in [-0.05, 0) is 17.5 Å². The van der Waals surface area contributed by atoms with Crippen molar-refractivity contribution in [2.45, 2.75) is 19.5 Å². The molecule has 11 nitrogen and oxygen atoms in total. The smallest absolute Gasteiger partial charge is 0.269 e. The Labute approximate surface area is 204 Å². The number of nitro benzene ring substituents is 2. The second-order valence-corrected chi connectivity index (χ2v) is 8.29. The molecule has 11 heteroatoms. The Balaban J connectivity index is 1.52. The monoisotopic (exact) mass is 488 g/mol. The van der Waals surface area contributed by atoms with Gasteiger partial charge >= 0.3 is 0 Å². The van der Waals surface area contributed by atoms with Crippen molar-refractivity contribution < 1.29 is 24.1 Å². The third-order valence-electron chi connectivity index (χ3n) is 5.62. The van der Waals surface area contributed by atoms with Gasteiger partial charge in [-0.2, -0.15) is 0 Å². The molecule has 3 rings (SSSR count). The fourth-order valence-electron chi connectivity index (χ4n) is 3.71. The number of ether oxygens (including phenoxy) is 3. The maximum absolute atomic E-state index is 10.9. The molecule has 0 aromatic heterocycles. The van der Waals surface area contributed by atoms with Crippen molar-refractivity contribution in [1.82, 2.24) is 9.80 Å². The van der Waals surface area contributed by atoms with Crippen molar-refractivity contribution in [3.8, 4) is 0 Å². The fraction of sp³-hybridized carbons (Fsp3) is 0.500. The zero-order valence-corrected chi connectivity index (χ0v) is 19.8. The van der Waals surface area contributed by atoms with E-state index in [1.807, 2.05) is 0 Å². The van der Waals surface area contributed by atoms with Gasteiger partial charge in [0.15, 0.2) is 0 Å². The van der Waals surface area contributed by atoms with Gasteiger partial charge in [-0.3, -0.25) is 30.0 Å². The van der Waals surface area contributed by atoms with E-state index in [1.165, 1.54) is 24.3 Å². The van der Waals surface area contributed by atoms with E-state index in [9.17, 15) is 20.2 Å². The first kappa shape index (κ1) is 26.6. The van der Waals surface area contributed by atoms with Gasteiger partial charge in [-0.15, -0.1) is 0 Å². The van der Waals surface area contributed by atoms with E-state index in [4.69, 9.17) is 14.2 Å². The maximum Gasteiger partial charge on any atom is 0.269 e. The van der Waals surface area contributed by atoms with Crippen LogP contribution in [-0.4, -0.2) is 79.0 Å². The topological polar surface area (TPSA) is 120 Å². The van der Waals surface area contributed by atoms with Crippen molar-refractivity contribution in [1.29, 1.82) is 0 Å². The molecule has 2 aromatic carbocycles. The highest BCUT2D eigenvalue weighted by atomic mass is 16.6. The van der Waals surface area contributed by atoms with Crippen molar-refractivity contribution in [3.63, 3.8) is 0 Å². The minimum Gasteiger partial charge on any atom is -0.378 e. The molecule has 2 aromatic rings. The van der Waals surface area contributed by atoms with E-state index in [2.05, 4.69) is 9.80 Å². The Hall–Kier alpha value is -2.96. The summed E-state index contributed by atoms with van der Waals surface area (Å²) in [4.78, 5) is 25.3. The first-order chi connectivity index (χ1) is 17.0. The summed E-state index contributed by atoms with van der Waals surface area (Å²) < 4.78 is 17.4. The van der Waals surface area contributed by atoms with Gasteiger partial charge in [-0.25, -0.2) is 0 Å². The molecule has 0 saturated carbocycles. The number of non-ortho nitro benzene ring substituents is 2. The summed E-state index contributed by atoms with van der Waals surface area (Å²) in [5.41, 5.74) is 2.13. The summed E-state index contributed by atoms with van der Waals surface area (Å²) in [6, 6.07) is 13.2. The predicted molar refractivity (Wildman–Crippen MR) is 129 cm³/mol. The second kappa shape index (κ2) is 14.4. The molecule has 0 unspecified atom stereocenters. The van der Waals surface area contributed by atoms with Crippen LogP contribution in [0, 0.1) is 20.2 Å². The fourth-order valence-corrected chi connectivity index (χ4v) is 3.71. The summed E-state index contributed by atoms with van der Waals surface area (Å²) in [6.07, 6.45) is 0.828. The number of benzene rings is 2. The number of hydrogen-bond donors (Lipinski definition) is 0. The van der Waals surface area contributed by atoms with Crippen LogP contribution in [0.4, 0.5) is 11.4 Å². The minimum absolute atomic E-state index is 0.0729. The number of nitro groups is 2. The Morgan fingerprint density at radius 3 is 1.63 bits per heavy atom. The van der Waals surface area contributed by atoms with Crippen molar-refractivity contribution in [2.75, 3.05) is 59.4 Å². The second-order valence-electron chi connectivity index (χ2n) is 8.29. The molecular weight excluding hydrogens is 456 g/mol. The van der Waals surface area contributed by atoms with E-state index < -0.39 is 9.85 Å². The van der Waals surface area contributed by atoms with E-state index in [1.54, 1.807) is 24.3 Å². The number of rotatable bonds is 6. The third kappa shape index (κ3) is 9.67. The van der Waals surface area contributed by atoms with Crippen LogP contribution in [0.2, 0.25) is 0 Å². The van der Waals surface area contributed by atoms with Crippen LogP contribution in [0.1, 0.15) is 17.5 Å². The molecule has 190 valence electrons. The summed E-state index contributed by atoms with van der Waals surface area (Å²) in [7, 11) is 0. The van der Waals surface area contributed by atoms with Crippen LogP contribution >= 0.6 is 0 Å². The van der Waals surface area contributed by atoms with Gasteiger partial charge in [0.25, 0.3) is 11.4 Å². The zero-order valence-electron chi connectivity index (χ0n) is 19.8. The molecule has 0 bridgehead atoms. The van der Waals surface area contributed by atoms with Gasteiger partial charge < -0.3 is 14.2 Å². The van der Waals surface area contributed by atoms with Gasteiger partial charge in [0.05, 0.1) is 43.0 Å². The largest absolute Gasteiger partial charge is 0.378 e. The first-order valence-electron chi connectivity index (χ1n) is 11.7. The highest BCUT2D eigenvalue weighted by Crippen LogP contribution is 2.15. The van der Waals surface area contributed by atoms with E-state index in [0.717, 1.165) is 30.6 Å². The average molecular weight is 489 g/mol. The normalized spacial score (nSPS) is 17.8. The zero-order chi connectivity index (χ0) is 24.9. The summed E-state index contributed by atoms with van der Waals surface area (Å²) in [6.45, 7) is 6.60. The predicted octanol–water partition coefficient (Wildman–Crippen LogP) is 3.22. The van der Waals surface area contributed by atoms with Crippen LogP contribution in [0.3, 0.4) is 0 Å². The Bertz CT molecular complexity index is 849. The van der Waals surface area contributed by atoms with Gasteiger partial charge in [0.1, 0.15) is 0 Å². The van der Waals surface area contributed by atoms with Crippen LogP contribution in [0.25, 0.3) is 0 Å². The molecule has 1 aliphatic rings. The Morgan fingerprint density at radius 1 is 0.629 bits per heavy atom. The third-order valence-corrected chi connectivity index (χ3v) is 5.62. The molecule has 0 spiro atoms. The van der Waals surface area contributed by atoms with Crippen molar-refractivity contribution in [2.24, 2.45) is 0 Å². The minimum atomic E-state index is -0.405. The lowest BCUT2D eigenvalue weighted by Gasteiger charge is -2.23. The van der Waals surface area contributed by atoms with Gasteiger partial charge in [0, 0.05) is 63.6 Å². The lowest BCUT2D eigenvalue weighted by atomic mass is 10.2. The Morgan fingerprint density at radius 2 is 1.11 bits per heavy atom. The number of hydrogen-bond acceptors (Lipinski definition) is 9. The first-order valence-corrected chi connectivity index (χ1v) is 11.7. The standard InChI is InChI=1S/C24H32N4O7/c29-27(30)23-6-2-21(3-7-23)18-25-10-1-13-35-20-26(12-15-34-17-16-33-14-11-25)19-22-4-8-24(9-5-22)28(31)32/h2-9H,1,10-20H2. The lowest BCUT2D eigenvalue weighted by molar-refractivity contribution is -0.385. The van der Waals surface area contributed by atoms with Crippen LogP contribution in [0.15, 0.2) is 48.5 Å². The van der Waals surface area contributed by atoms with Crippen LogP contribution in [-0.2, 0) is 27.3 Å².